The number of nitrogens with zero attached hydrogens (tertiary/aromatic N) is 1. The van der Waals surface area contributed by atoms with E-state index in [1.807, 2.05) is 20.8 Å². The lowest BCUT2D eigenvalue weighted by atomic mass is 10.1. The molecule has 0 aromatic heterocycles. The molecule has 0 aliphatic heterocycles. The van der Waals surface area contributed by atoms with Crippen LogP contribution < -0.4 is 5.32 Å². The van der Waals surface area contributed by atoms with Crippen molar-refractivity contribution in [3.63, 3.8) is 0 Å². The molecule has 14 heavy (non-hydrogen) atoms. The summed E-state index contributed by atoms with van der Waals surface area (Å²) in [6.45, 7) is 7.40. The van der Waals surface area contributed by atoms with Crippen LogP contribution in [-0.4, -0.2) is 38.5 Å². The number of hydrogen-bond acceptors (Lipinski definition) is 4. The Labute approximate surface area is 86.2 Å². The van der Waals surface area contributed by atoms with Crippen LogP contribution in [0.4, 0.5) is 0 Å². The van der Waals surface area contributed by atoms with E-state index in [0.717, 1.165) is 6.54 Å². The topological polar surface area (TPSA) is 54.3 Å². The molecule has 0 bridgehead atoms. The molecule has 0 aromatic carbocycles. The summed E-state index contributed by atoms with van der Waals surface area (Å²) >= 11 is 0. The number of ether oxygens (including phenoxy) is 2. The monoisotopic (exact) mass is 200 g/mol. The highest BCUT2D eigenvalue weighted by Crippen LogP contribution is 2.04. The van der Waals surface area contributed by atoms with Gasteiger partial charge in [0, 0.05) is 7.11 Å². The Hall–Kier alpha value is -0.630. The molecular formula is C10H20N2O2. The van der Waals surface area contributed by atoms with Gasteiger partial charge in [0.05, 0.1) is 25.4 Å². The minimum Gasteiger partial charge on any atom is -0.382 e. The zero-order valence-corrected chi connectivity index (χ0v) is 9.46. The van der Waals surface area contributed by atoms with E-state index in [1.54, 1.807) is 7.11 Å². The summed E-state index contributed by atoms with van der Waals surface area (Å²) in [6, 6.07) is 2.20. The van der Waals surface area contributed by atoms with E-state index in [0.29, 0.717) is 13.2 Å². The molecule has 0 heterocycles. The maximum absolute atomic E-state index is 8.94. The van der Waals surface area contributed by atoms with Gasteiger partial charge >= 0.3 is 0 Å². The van der Waals surface area contributed by atoms with Gasteiger partial charge in [0.1, 0.15) is 5.54 Å². The second kappa shape index (κ2) is 6.77. The zero-order valence-electron chi connectivity index (χ0n) is 9.46. The maximum Gasteiger partial charge on any atom is 0.127 e. The smallest absolute Gasteiger partial charge is 0.127 e. The summed E-state index contributed by atoms with van der Waals surface area (Å²) in [5, 5.41) is 12.0. The van der Waals surface area contributed by atoms with Crippen LogP contribution in [0.1, 0.15) is 20.8 Å². The van der Waals surface area contributed by atoms with E-state index in [-0.39, 0.29) is 6.10 Å². The van der Waals surface area contributed by atoms with Crippen molar-refractivity contribution in [3.05, 3.63) is 0 Å². The third kappa shape index (κ3) is 5.18. The van der Waals surface area contributed by atoms with Crippen LogP contribution in [-0.2, 0) is 9.47 Å². The van der Waals surface area contributed by atoms with Crippen LogP contribution in [0, 0.1) is 11.3 Å². The minimum atomic E-state index is -0.600. The molecule has 0 fully saturated rings. The third-order valence-electron chi connectivity index (χ3n) is 1.87. The first kappa shape index (κ1) is 13.4. The highest BCUT2D eigenvalue weighted by molar-refractivity contribution is 5.03. The molecule has 2 unspecified atom stereocenters. The molecule has 82 valence electrons. The van der Waals surface area contributed by atoms with Crippen molar-refractivity contribution in [2.75, 3.05) is 26.9 Å². The quantitative estimate of drug-likeness (QED) is 0.664. The van der Waals surface area contributed by atoms with Crippen molar-refractivity contribution in [2.45, 2.75) is 32.4 Å². The predicted molar refractivity (Wildman–Crippen MR) is 55.0 cm³/mol. The van der Waals surface area contributed by atoms with Crippen LogP contribution in [0.3, 0.4) is 0 Å². The SMILES string of the molecule is CCNC(C)(C#N)COC(C)COC. The summed E-state index contributed by atoms with van der Waals surface area (Å²) in [6.07, 6.45) is 0.0198. The Kier molecular flexibility index (Phi) is 6.46. The molecule has 0 rings (SSSR count). The number of nitriles is 1. The van der Waals surface area contributed by atoms with Crippen molar-refractivity contribution in [3.8, 4) is 6.07 Å². The van der Waals surface area contributed by atoms with Gasteiger partial charge in [-0.25, -0.2) is 0 Å². The summed E-state index contributed by atoms with van der Waals surface area (Å²) in [5.74, 6) is 0. The summed E-state index contributed by atoms with van der Waals surface area (Å²) in [7, 11) is 1.63. The number of hydrogen-bond donors (Lipinski definition) is 1. The van der Waals surface area contributed by atoms with Gasteiger partial charge in [-0.1, -0.05) is 6.92 Å². The molecule has 4 nitrogen and oxygen atoms in total. The average Bonchev–Trinajstić information content (AvgIpc) is 2.16. The fraction of sp³-hybridized carbons (Fsp3) is 0.900. The molecule has 0 aliphatic carbocycles. The van der Waals surface area contributed by atoms with Gasteiger partial charge in [0.2, 0.25) is 0 Å². The summed E-state index contributed by atoms with van der Waals surface area (Å²) in [5.41, 5.74) is -0.600. The maximum atomic E-state index is 8.94. The Bertz CT molecular complexity index is 191. The molecule has 0 amide bonds. The van der Waals surface area contributed by atoms with Crippen molar-refractivity contribution in [2.24, 2.45) is 0 Å². The van der Waals surface area contributed by atoms with E-state index in [4.69, 9.17) is 14.7 Å². The molecule has 0 saturated carbocycles. The average molecular weight is 200 g/mol. The Morgan fingerprint density at radius 3 is 2.64 bits per heavy atom. The molecule has 0 aromatic rings. The molecule has 2 atom stereocenters. The Morgan fingerprint density at radius 2 is 2.21 bits per heavy atom. The number of methoxy groups -OCH3 is 1. The molecule has 0 aliphatic rings. The standard InChI is InChI=1S/C10H20N2O2/c1-5-12-10(3,7-11)8-14-9(2)6-13-4/h9,12H,5-6,8H2,1-4H3. The van der Waals surface area contributed by atoms with Crippen LogP contribution in [0.2, 0.25) is 0 Å². The first-order valence-corrected chi connectivity index (χ1v) is 4.84. The molecule has 1 N–H and O–H groups in total. The predicted octanol–water partition coefficient (Wildman–Crippen LogP) is 0.930. The molecule has 4 heteroatoms. The van der Waals surface area contributed by atoms with E-state index in [1.165, 1.54) is 0 Å². The van der Waals surface area contributed by atoms with Gasteiger partial charge in [-0.05, 0) is 20.4 Å². The lowest BCUT2D eigenvalue weighted by Crippen LogP contribution is -2.46. The van der Waals surface area contributed by atoms with Gasteiger partial charge in [0.25, 0.3) is 0 Å². The molecule has 0 saturated heterocycles. The highest BCUT2D eigenvalue weighted by Gasteiger charge is 2.23. The van der Waals surface area contributed by atoms with E-state index >= 15 is 0 Å². The molecular weight excluding hydrogens is 180 g/mol. The van der Waals surface area contributed by atoms with E-state index in [9.17, 15) is 0 Å². The van der Waals surface area contributed by atoms with E-state index in [2.05, 4.69) is 11.4 Å². The van der Waals surface area contributed by atoms with Crippen LogP contribution >= 0.6 is 0 Å². The van der Waals surface area contributed by atoms with Gasteiger partial charge in [0.15, 0.2) is 0 Å². The lowest BCUT2D eigenvalue weighted by Gasteiger charge is -2.24. The lowest BCUT2D eigenvalue weighted by molar-refractivity contribution is -0.00740. The minimum absolute atomic E-state index is 0.0198. The third-order valence-corrected chi connectivity index (χ3v) is 1.87. The van der Waals surface area contributed by atoms with Crippen LogP contribution in [0.25, 0.3) is 0 Å². The van der Waals surface area contributed by atoms with Gasteiger partial charge < -0.3 is 9.47 Å². The summed E-state index contributed by atoms with van der Waals surface area (Å²) < 4.78 is 10.4. The second-order valence-corrected chi connectivity index (χ2v) is 3.55. The Morgan fingerprint density at radius 1 is 1.57 bits per heavy atom. The van der Waals surface area contributed by atoms with Crippen LogP contribution in [0.5, 0.6) is 0 Å². The highest BCUT2D eigenvalue weighted by atomic mass is 16.5. The normalized spacial score (nSPS) is 17.1. The van der Waals surface area contributed by atoms with E-state index < -0.39 is 5.54 Å². The largest absolute Gasteiger partial charge is 0.382 e. The van der Waals surface area contributed by atoms with Crippen LogP contribution in [0.15, 0.2) is 0 Å². The number of rotatable bonds is 7. The second-order valence-electron chi connectivity index (χ2n) is 3.55. The summed E-state index contributed by atoms with van der Waals surface area (Å²) in [4.78, 5) is 0. The first-order chi connectivity index (χ1) is 6.58. The van der Waals surface area contributed by atoms with Gasteiger partial charge in [-0.2, -0.15) is 5.26 Å². The van der Waals surface area contributed by atoms with Gasteiger partial charge in [-0.3, -0.25) is 5.32 Å². The zero-order chi connectivity index (χ0) is 11.0. The van der Waals surface area contributed by atoms with Crippen molar-refractivity contribution >= 4 is 0 Å². The fourth-order valence-corrected chi connectivity index (χ4v) is 1.10. The fourth-order valence-electron chi connectivity index (χ4n) is 1.10. The molecule has 0 spiro atoms. The Balaban J connectivity index is 3.89. The van der Waals surface area contributed by atoms with Gasteiger partial charge in [-0.15, -0.1) is 0 Å². The van der Waals surface area contributed by atoms with Crippen molar-refractivity contribution < 1.29 is 9.47 Å². The van der Waals surface area contributed by atoms with Crippen molar-refractivity contribution in [1.29, 1.82) is 5.26 Å². The van der Waals surface area contributed by atoms with Crippen molar-refractivity contribution in [1.82, 2.24) is 5.32 Å². The number of likely N-dealkylation sites (N-methyl/N-ethyl adjacent to an activating group) is 1. The first-order valence-electron chi connectivity index (χ1n) is 4.84. The molecule has 0 radical (unpaired) electrons. The number of nitrogens with one attached hydrogen (secondary N) is 1.